The fourth-order valence-electron chi connectivity index (χ4n) is 1.43. The highest BCUT2D eigenvalue weighted by Gasteiger charge is 2.05. The highest BCUT2D eigenvalue weighted by Crippen LogP contribution is 2.14. The van der Waals surface area contributed by atoms with Crippen LogP contribution in [0.15, 0.2) is 6.07 Å². The first kappa shape index (κ1) is 13.7. The zero-order valence-electron chi connectivity index (χ0n) is 11.2. The fraction of sp³-hybridized carbons (Fsp3) is 0.667. The number of hydrogen-bond donors (Lipinski definition) is 1. The van der Waals surface area contributed by atoms with Gasteiger partial charge >= 0.3 is 0 Å². The molecule has 96 valence electrons. The molecular weight excluding hydrogens is 216 g/mol. The molecule has 0 saturated heterocycles. The molecule has 0 spiro atoms. The highest BCUT2D eigenvalue weighted by atomic mass is 16.5. The molecule has 0 aliphatic heterocycles. The van der Waals surface area contributed by atoms with Gasteiger partial charge in [0.05, 0.1) is 6.61 Å². The Morgan fingerprint density at radius 2 is 2.18 bits per heavy atom. The van der Waals surface area contributed by atoms with E-state index in [1.165, 1.54) is 0 Å². The lowest BCUT2D eigenvalue weighted by molar-refractivity contribution is 0.206. The van der Waals surface area contributed by atoms with Crippen molar-refractivity contribution in [3.63, 3.8) is 0 Å². The Morgan fingerprint density at radius 1 is 1.41 bits per heavy atom. The minimum Gasteiger partial charge on any atom is -0.383 e. The van der Waals surface area contributed by atoms with E-state index in [1.54, 1.807) is 7.11 Å². The second kappa shape index (κ2) is 7.06. The van der Waals surface area contributed by atoms with E-state index in [1.807, 2.05) is 20.0 Å². The Hall–Kier alpha value is -1.36. The molecule has 0 aromatic carbocycles. The van der Waals surface area contributed by atoms with Crippen molar-refractivity contribution in [1.29, 1.82) is 0 Å². The van der Waals surface area contributed by atoms with Crippen LogP contribution in [-0.2, 0) is 4.74 Å². The number of nitrogens with one attached hydrogen (secondary N) is 1. The van der Waals surface area contributed by atoms with Crippen molar-refractivity contribution in [2.75, 3.05) is 44.1 Å². The molecule has 0 radical (unpaired) electrons. The monoisotopic (exact) mass is 238 g/mol. The predicted molar refractivity (Wildman–Crippen MR) is 70.7 cm³/mol. The molecule has 1 N–H and O–H groups in total. The molecule has 0 unspecified atom stereocenters. The van der Waals surface area contributed by atoms with E-state index in [2.05, 4.69) is 27.1 Å². The Labute approximate surface area is 103 Å². The average molecular weight is 238 g/mol. The number of aryl methyl sites for hydroxylation is 1. The predicted octanol–water partition coefficient (Wildman–Crippen LogP) is 1.69. The van der Waals surface area contributed by atoms with Crippen molar-refractivity contribution in [3.05, 3.63) is 11.9 Å². The summed E-state index contributed by atoms with van der Waals surface area (Å²) in [5.41, 5.74) is 0. The summed E-state index contributed by atoms with van der Waals surface area (Å²) < 4.78 is 5.06. The summed E-state index contributed by atoms with van der Waals surface area (Å²) in [6.07, 6.45) is 1.08. The van der Waals surface area contributed by atoms with Crippen molar-refractivity contribution in [2.45, 2.75) is 20.3 Å². The fourth-order valence-corrected chi connectivity index (χ4v) is 1.43. The van der Waals surface area contributed by atoms with Gasteiger partial charge in [-0.15, -0.1) is 0 Å². The number of hydrogen-bond acceptors (Lipinski definition) is 5. The van der Waals surface area contributed by atoms with E-state index >= 15 is 0 Å². The zero-order valence-corrected chi connectivity index (χ0v) is 11.2. The molecule has 0 aliphatic rings. The third-order valence-electron chi connectivity index (χ3n) is 2.40. The van der Waals surface area contributed by atoms with Crippen LogP contribution in [0.3, 0.4) is 0 Å². The van der Waals surface area contributed by atoms with Gasteiger partial charge in [-0.05, 0) is 13.3 Å². The maximum atomic E-state index is 5.06. The van der Waals surface area contributed by atoms with Crippen molar-refractivity contribution < 1.29 is 4.74 Å². The molecule has 17 heavy (non-hydrogen) atoms. The van der Waals surface area contributed by atoms with Crippen LogP contribution in [0, 0.1) is 6.92 Å². The molecule has 1 heterocycles. The van der Waals surface area contributed by atoms with Crippen molar-refractivity contribution in [3.8, 4) is 0 Å². The third kappa shape index (κ3) is 4.56. The van der Waals surface area contributed by atoms with Gasteiger partial charge in [0.2, 0.25) is 0 Å². The van der Waals surface area contributed by atoms with Crippen LogP contribution in [-0.4, -0.2) is 43.8 Å². The van der Waals surface area contributed by atoms with Gasteiger partial charge in [0.1, 0.15) is 17.5 Å². The summed E-state index contributed by atoms with van der Waals surface area (Å²) in [6.45, 7) is 6.48. The third-order valence-corrected chi connectivity index (χ3v) is 2.40. The van der Waals surface area contributed by atoms with E-state index in [0.717, 1.165) is 37.0 Å². The van der Waals surface area contributed by atoms with Gasteiger partial charge in [-0.1, -0.05) is 6.92 Å². The van der Waals surface area contributed by atoms with E-state index in [-0.39, 0.29) is 0 Å². The molecule has 0 amide bonds. The average Bonchev–Trinajstić information content (AvgIpc) is 2.32. The van der Waals surface area contributed by atoms with E-state index < -0.39 is 0 Å². The van der Waals surface area contributed by atoms with Crippen LogP contribution in [0.25, 0.3) is 0 Å². The maximum absolute atomic E-state index is 5.06. The van der Waals surface area contributed by atoms with Gasteiger partial charge in [-0.2, -0.15) is 0 Å². The Kier molecular flexibility index (Phi) is 5.69. The van der Waals surface area contributed by atoms with Gasteiger partial charge < -0.3 is 15.0 Å². The van der Waals surface area contributed by atoms with Gasteiger partial charge in [-0.25, -0.2) is 9.97 Å². The van der Waals surface area contributed by atoms with Gasteiger partial charge in [0, 0.05) is 33.3 Å². The lowest BCUT2D eigenvalue weighted by Crippen LogP contribution is -2.23. The molecule has 0 bridgehead atoms. The quantitative estimate of drug-likeness (QED) is 0.783. The second-order valence-electron chi connectivity index (χ2n) is 4.00. The highest BCUT2D eigenvalue weighted by molar-refractivity contribution is 5.48. The van der Waals surface area contributed by atoms with Gasteiger partial charge in [0.25, 0.3) is 0 Å². The van der Waals surface area contributed by atoms with Crippen molar-refractivity contribution in [2.24, 2.45) is 0 Å². The molecule has 1 rings (SSSR count). The molecule has 0 fully saturated rings. The Morgan fingerprint density at radius 3 is 2.82 bits per heavy atom. The molecule has 5 heteroatoms. The summed E-state index contributed by atoms with van der Waals surface area (Å²) in [4.78, 5) is 10.8. The van der Waals surface area contributed by atoms with Crippen LogP contribution in [0.2, 0.25) is 0 Å². The normalized spacial score (nSPS) is 10.4. The summed E-state index contributed by atoms with van der Waals surface area (Å²) in [5.74, 6) is 2.59. The smallest absolute Gasteiger partial charge is 0.134 e. The largest absolute Gasteiger partial charge is 0.383 e. The lowest BCUT2D eigenvalue weighted by Gasteiger charge is -2.18. The van der Waals surface area contributed by atoms with Crippen LogP contribution in [0.4, 0.5) is 11.6 Å². The number of methoxy groups -OCH3 is 1. The molecule has 0 aliphatic carbocycles. The minimum absolute atomic E-state index is 0.692. The molecule has 0 saturated carbocycles. The van der Waals surface area contributed by atoms with Gasteiger partial charge in [-0.3, -0.25) is 0 Å². The van der Waals surface area contributed by atoms with Crippen molar-refractivity contribution >= 4 is 11.6 Å². The Bertz CT molecular complexity index is 343. The molecule has 0 atom stereocenters. The first-order valence-corrected chi connectivity index (χ1v) is 5.97. The number of rotatable bonds is 7. The summed E-state index contributed by atoms with van der Waals surface area (Å²) in [7, 11) is 3.71. The molecule has 5 nitrogen and oxygen atoms in total. The summed E-state index contributed by atoms with van der Waals surface area (Å²) >= 11 is 0. The second-order valence-corrected chi connectivity index (χ2v) is 4.00. The first-order valence-electron chi connectivity index (χ1n) is 5.97. The maximum Gasteiger partial charge on any atom is 0.134 e. The van der Waals surface area contributed by atoms with E-state index in [4.69, 9.17) is 4.74 Å². The number of nitrogens with zero attached hydrogens (tertiary/aromatic N) is 3. The van der Waals surface area contributed by atoms with Crippen LogP contribution < -0.4 is 10.2 Å². The number of anilines is 2. The summed E-state index contributed by atoms with van der Waals surface area (Å²) in [5, 5.41) is 3.28. The van der Waals surface area contributed by atoms with Crippen LogP contribution in [0.1, 0.15) is 19.2 Å². The number of aromatic nitrogens is 2. The minimum atomic E-state index is 0.692. The molecular formula is C12H22N4O. The number of likely N-dealkylation sites (N-methyl/N-ethyl adjacent to an activating group) is 1. The van der Waals surface area contributed by atoms with E-state index in [9.17, 15) is 0 Å². The topological polar surface area (TPSA) is 50.3 Å². The van der Waals surface area contributed by atoms with E-state index in [0.29, 0.717) is 6.61 Å². The van der Waals surface area contributed by atoms with Crippen LogP contribution in [0.5, 0.6) is 0 Å². The SMILES string of the molecule is CCCNc1cc(N(C)CCOC)nc(C)n1. The Balaban J connectivity index is 2.73. The lowest BCUT2D eigenvalue weighted by atomic mass is 10.4. The number of ether oxygens (including phenoxy) is 1. The molecule has 1 aromatic rings. The van der Waals surface area contributed by atoms with Crippen molar-refractivity contribution in [1.82, 2.24) is 9.97 Å². The van der Waals surface area contributed by atoms with Crippen LogP contribution >= 0.6 is 0 Å². The zero-order chi connectivity index (χ0) is 12.7. The standard InChI is InChI=1S/C12H22N4O/c1-5-6-13-11-9-12(15-10(2)14-11)16(3)7-8-17-4/h9H,5-8H2,1-4H3,(H,13,14,15). The molecule has 1 aromatic heterocycles. The first-order chi connectivity index (χ1) is 8.17. The summed E-state index contributed by atoms with van der Waals surface area (Å²) in [6, 6.07) is 1.97. The van der Waals surface area contributed by atoms with Gasteiger partial charge in [0.15, 0.2) is 0 Å².